The van der Waals surface area contributed by atoms with Gasteiger partial charge in [0.2, 0.25) is 0 Å². The summed E-state index contributed by atoms with van der Waals surface area (Å²) in [7, 11) is 0. The van der Waals surface area contributed by atoms with Gasteiger partial charge >= 0.3 is 0 Å². The minimum Gasteiger partial charge on any atom is -0.494 e. The number of thiazole rings is 1. The average Bonchev–Trinajstić information content (AvgIpc) is 3.19. The predicted octanol–water partition coefficient (Wildman–Crippen LogP) is 4.52. The highest BCUT2D eigenvalue weighted by Gasteiger charge is 2.18. The third-order valence-electron chi connectivity index (χ3n) is 4.03. The van der Waals surface area contributed by atoms with Crippen LogP contribution in [0.25, 0.3) is 10.7 Å². The Morgan fingerprint density at radius 1 is 1.46 bits per heavy atom. The van der Waals surface area contributed by atoms with Crippen LogP contribution in [-0.2, 0) is 6.54 Å². The van der Waals surface area contributed by atoms with Gasteiger partial charge in [-0.05, 0) is 56.8 Å². The van der Waals surface area contributed by atoms with Crippen LogP contribution < -0.4 is 10.1 Å². The Morgan fingerprint density at radius 3 is 2.93 bits per heavy atom. The predicted molar refractivity (Wildman–Crippen MR) is 114 cm³/mol. The molecule has 7 nitrogen and oxygen atoms in total. The molecule has 0 aliphatic carbocycles. The van der Waals surface area contributed by atoms with Crippen LogP contribution in [0.15, 0.2) is 30.9 Å². The number of H-pyrrole nitrogens is 1. The van der Waals surface area contributed by atoms with Crippen LogP contribution in [-0.4, -0.2) is 32.3 Å². The van der Waals surface area contributed by atoms with Crippen molar-refractivity contribution in [3.05, 3.63) is 52.4 Å². The molecule has 0 spiro atoms. The fourth-order valence-electron chi connectivity index (χ4n) is 2.72. The minimum atomic E-state index is -0.226. The zero-order chi connectivity index (χ0) is 20.3. The average molecular weight is 416 g/mol. The summed E-state index contributed by atoms with van der Waals surface area (Å²) in [5.41, 5.74) is 2.22. The second-order valence-corrected chi connectivity index (χ2v) is 7.44. The Hall–Kier alpha value is -2.78. The van der Waals surface area contributed by atoms with Crippen molar-refractivity contribution in [1.82, 2.24) is 19.7 Å². The zero-order valence-electron chi connectivity index (χ0n) is 15.9. The Labute approximate surface area is 172 Å². The van der Waals surface area contributed by atoms with Crippen molar-refractivity contribution in [3.63, 3.8) is 0 Å². The normalized spacial score (nSPS) is 10.7. The first-order valence-electron chi connectivity index (χ1n) is 8.73. The molecule has 0 aliphatic rings. The van der Waals surface area contributed by atoms with Crippen molar-refractivity contribution >= 4 is 34.6 Å². The van der Waals surface area contributed by atoms with Crippen LogP contribution in [0.3, 0.4) is 0 Å². The number of allylic oxidation sites excluding steroid dienone is 1. The first kappa shape index (κ1) is 20.0. The van der Waals surface area contributed by atoms with Crippen LogP contribution in [0.5, 0.6) is 5.75 Å². The first-order chi connectivity index (χ1) is 13.4. The lowest BCUT2D eigenvalue weighted by atomic mass is 10.1. The van der Waals surface area contributed by atoms with Crippen LogP contribution in [0, 0.1) is 18.6 Å². The van der Waals surface area contributed by atoms with Gasteiger partial charge in [0, 0.05) is 12.1 Å². The molecular formula is C19H21N5O2S2. The van der Waals surface area contributed by atoms with E-state index in [2.05, 4.69) is 27.1 Å². The van der Waals surface area contributed by atoms with Crippen molar-refractivity contribution in [1.29, 1.82) is 0 Å². The van der Waals surface area contributed by atoms with E-state index in [-0.39, 0.29) is 5.91 Å². The summed E-state index contributed by atoms with van der Waals surface area (Å²) in [5.74, 6) is 1.23. The van der Waals surface area contributed by atoms with E-state index in [0.717, 1.165) is 21.9 Å². The second-order valence-electron chi connectivity index (χ2n) is 6.05. The Kier molecular flexibility index (Phi) is 6.05. The van der Waals surface area contributed by atoms with E-state index in [4.69, 9.17) is 17.0 Å². The molecule has 0 bridgehead atoms. The maximum absolute atomic E-state index is 12.6. The lowest BCUT2D eigenvalue weighted by Gasteiger charge is -2.08. The summed E-state index contributed by atoms with van der Waals surface area (Å²) in [6.07, 6.45) is 1.75. The molecule has 2 heterocycles. The molecule has 3 aromatic rings. The number of nitrogens with zero attached hydrogens (tertiary/aromatic N) is 3. The smallest absolute Gasteiger partial charge is 0.257 e. The number of carbonyl (C=O) groups is 1. The summed E-state index contributed by atoms with van der Waals surface area (Å²) >= 11 is 6.62. The molecule has 3 rings (SSSR count). The van der Waals surface area contributed by atoms with Gasteiger partial charge in [0.1, 0.15) is 5.75 Å². The van der Waals surface area contributed by atoms with E-state index in [1.54, 1.807) is 24.3 Å². The van der Waals surface area contributed by atoms with Crippen molar-refractivity contribution in [3.8, 4) is 16.5 Å². The van der Waals surface area contributed by atoms with Gasteiger partial charge in [-0.1, -0.05) is 17.4 Å². The standard InChI is InChI=1S/C19H21N5O2S2/c1-5-9-24-16(22-23-19(24)27)15-12(4)20-18(28-15)21-17(25)13-7-8-14(26-6-2)11(3)10-13/h5,7-8,10H,1,6,9H2,2-4H3,(H,23,27)(H,20,21,25). The molecule has 9 heteroatoms. The molecule has 0 saturated heterocycles. The van der Waals surface area contributed by atoms with Gasteiger partial charge in [-0.2, -0.15) is 5.10 Å². The minimum absolute atomic E-state index is 0.226. The van der Waals surface area contributed by atoms with E-state index >= 15 is 0 Å². The molecule has 2 N–H and O–H groups in total. The van der Waals surface area contributed by atoms with Gasteiger partial charge in [0.05, 0.1) is 17.2 Å². The summed E-state index contributed by atoms with van der Waals surface area (Å²) in [4.78, 5) is 17.9. The van der Waals surface area contributed by atoms with Gasteiger partial charge in [-0.25, -0.2) is 4.98 Å². The number of benzene rings is 1. The monoisotopic (exact) mass is 415 g/mol. The van der Waals surface area contributed by atoms with Gasteiger partial charge < -0.3 is 4.74 Å². The van der Waals surface area contributed by atoms with Gasteiger partial charge in [-0.15, -0.1) is 6.58 Å². The number of aryl methyl sites for hydroxylation is 2. The Balaban J connectivity index is 1.84. The molecule has 28 heavy (non-hydrogen) atoms. The van der Waals surface area contributed by atoms with E-state index in [1.165, 1.54) is 11.3 Å². The third-order valence-corrected chi connectivity index (χ3v) is 5.41. The molecule has 1 amide bonds. The second kappa shape index (κ2) is 8.49. The maximum atomic E-state index is 12.6. The summed E-state index contributed by atoms with van der Waals surface area (Å²) in [6, 6.07) is 5.35. The number of carbonyl (C=O) groups excluding carboxylic acids is 1. The molecule has 0 radical (unpaired) electrons. The van der Waals surface area contributed by atoms with E-state index in [0.29, 0.717) is 34.4 Å². The number of amides is 1. The van der Waals surface area contributed by atoms with Crippen molar-refractivity contribution in [2.45, 2.75) is 27.3 Å². The highest BCUT2D eigenvalue weighted by molar-refractivity contribution is 7.71. The number of aromatic nitrogens is 4. The number of anilines is 1. The van der Waals surface area contributed by atoms with Crippen LogP contribution in [0.2, 0.25) is 0 Å². The van der Waals surface area contributed by atoms with Crippen LogP contribution >= 0.6 is 23.6 Å². The molecule has 0 fully saturated rings. The molecule has 146 valence electrons. The molecule has 0 saturated carbocycles. The molecule has 0 aliphatic heterocycles. The molecule has 2 aromatic heterocycles. The SMILES string of the molecule is C=CCn1c(-c2sc(NC(=O)c3ccc(OCC)c(C)c3)nc2C)n[nH]c1=S. The Morgan fingerprint density at radius 2 is 2.25 bits per heavy atom. The van der Waals surface area contributed by atoms with E-state index < -0.39 is 0 Å². The van der Waals surface area contributed by atoms with Crippen LogP contribution in [0.4, 0.5) is 5.13 Å². The van der Waals surface area contributed by atoms with E-state index in [1.807, 2.05) is 25.3 Å². The topological polar surface area (TPSA) is 84.8 Å². The van der Waals surface area contributed by atoms with Crippen molar-refractivity contribution < 1.29 is 9.53 Å². The fraction of sp³-hybridized carbons (Fsp3) is 0.263. The first-order valence-corrected chi connectivity index (χ1v) is 9.95. The zero-order valence-corrected chi connectivity index (χ0v) is 17.5. The molecular weight excluding hydrogens is 394 g/mol. The maximum Gasteiger partial charge on any atom is 0.257 e. The van der Waals surface area contributed by atoms with Gasteiger partial charge in [-0.3, -0.25) is 19.8 Å². The van der Waals surface area contributed by atoms with Gasteiger partial charge in [0.15, 0.2) is 15.7 Å². The molecule has 0 atom stereocenters. The quantitative estimate of drug-likeness (QED) is 0.438. The van der Waals surface area contributed by atoms with Crippen molar-refractivity contribution in [2.75, 3.05) is 11.9 Å². The van der Waals surface area contributed by atoms with E-state index in [9.17, 15) is 4.79 Å². The number of hydrogen-bond donors (Lipinski definition) is 2. The number of ether oxygens (including phenoxy) is 1. The number of aromatic amines is 1. The highest BCUT2D eigenvalue weighted by Crippen LogP contribution is 2.32. The largest absolute Gasteiger partial charge is 0.494 e. The lowest BCUT2D eigenvalue weighted by Crippen LogP contribution is -2.12. The fourth-order valence-corrected chi connectivity index (χ4v) is 3.89. The van der Waals surface area contributed by atoms with Crippen LogP contribution in [0.1, 0.15) is 28.5 Å². The summed E-state index contributed by atoms with van der Waals surface area (Å²) in [6.45, 7) is 10.6. The number of hydrogen-bond acceptors (Lipinski definition) is 6. The number of rotatable bonds is 7. The third kappa shape index (κ3) is 4.05. The highest BCUT2D eigenvalue weighted by atomic mass is 32.1. The van der Waals surface area contributed by atoms with Gasteiger partial charge in [0.25, 0.3) is 5.91 Å². The summed E-state index contributed by atoms with van der Waals surface area (Å²) in [5, 5.41) is 10.5. The molecule has 1 aromatic carbocycles. The number of nitrogens with one attached hydrogen (secondary N) is 2. The van der Waals surface area contributed by atoms with Crippen molar-refractivity contribution in [2.24, 2.45) is 0 Å². The molecule has 0 unspecified atom stereocenters. The lowest BCUT2D eigenvalue weighted by molar-refractivity contribution is 0.102. The Bertz CT molecular complexity index is 1080. The summed E-state index contributed by atoms with van der Waals surface area (Å²) < 4.78 is 7.87.